The summed E-state index contributed by atoms with van der Waals surface area (Å²) in [6.07, 6.45) is 3.19. The summed E-state index contributed by atoms with van der Waals surface area (Å²) < 4.78 is 1.12. The first-order chi connectivity index (χ1) is 7.27. The second-order valence-electron chi connectivity index (χ2n) is 2.92. The van der Waals surface area contributed by atoms with E-state index in [0.29, 0.717) is 0 Å². The molecule has 15 heavy (non-hydrogen) atoms. The van der Waals surface area contributed by atoms with Gasteiger partial charge in [0.1, 0.15) is 0 Å². The predicted octanol–water partition coefficient (Wildman–Crippen LogP) is 5.37. The van der Waals surface area contributed by atoms with Gasteiger partial charge in [-0.15, -0.1) is 0 Å². The highest BCUT2D eigenvalue weighted by molar-refractivity contribution is 9.10. The molecule has 0 unspecified atom stereocenters. The van der Waals surface area contributed by atoms with Crippen LogP contribution >= 0.6 is 15.9 Å². The molecule has 0 spiro atoms. The highest BCUT2D eigenvalue weighted by Crippen LogP contribution is 2.17. The van der Waals surface area contributed by atoms with Crippen LogP contribution < -0.4 is 0 Å². The van der Waals surface area contributed by atoms with Gasteiger partial charge < -0.3 is 4.98 Å². The van der Waals surface area contributed by atoms with E-state index in [0.717, 1.165) is 4.47 Å². The Bertz CT molecular complexity index is 365. The summed E-state index contributed by atoms with van der Waals surface area (Å²) in [6, 6.07) is 8.23. The molecule has 2 rings (SSSR count). The number of hydrogen-bond donors (Lipinski definition) is 1. The number of rotatable bonds is 0. The first-order valence-corrected chi connectivity index (χ1v) is 6.29. The topological polar surface area (TPSA) is 15.8 Å². The van der Waals surface area contributed by atoms with E-state index in [9.17, 15) is 0 Å². The van der Waals surface area contributed by atoms with Crippen LogP contribution in [0, 0.1) is 0 Å². The van der Waals surface area contributed by atoms with Gasteiger partial charge in [0.2, 0.25) is 0 Å². The van der Waals surface area contributed by atoms with Crippen molar-refractivity contribution >= 4 is 26.8 Å². The summed E-state index contributed by atoms with van der Waals surface area (Å²) in [4.78, 5) is 3.13. The molecular weight excluding hydrogens is 250 g/mol. The molecule has 0 radical (unpaired) electrons. The monoisotopic (exact) mass is 269 g/mol. The van der Waals surface area contributed by atoms with Gasteiger partial charge in [0, 0.05) is 21.6 Å². The average Bonchev–Trinajstić information content (AvgIpc) is 2.69. The van der Waals surface area contributed by atoms with Gasteiger partial charge in [-0.1, -0.05) is 50.0 Å². The zero-order chi connectivity index (χ0) is 11.7. The van der Waals surface area contributed by atoms with Gasteiger partial charge in [-0.25, -0.2) is 0 Å². The molecular formula is C13H20BrN. The summed E-state index contributed by atoms with van der Waals surface area (Å²) in [7, 11) is 0. The van der Waals surface area contributed by atoms with E-state index < -0.39 is 0 Å². The molecule has 0 atom stereocenters. The number of aromatic nitrogens is 1. The fraction of sp³-hybridized carbons (Fsp3) is 0.385. The van der Waals surface area contributed by atoms with Gasteiger partial charge >= 0.3 is 0 Å². The van der Waals surface area contributed by atoms with E-state index in [1.165, 1.54) is 17.3 Å². The molecule has 0 aliphatic heterocycles. The Morgan fingerprint density at radius 2 is 1.73 bits per heavy atom. The summed E-state index contributed by atoms with van der Waals surface area (Å²) in [5.74, 6) is 0. The second-order valence-corrected chi connectivity index (χ2v) is 3.83. The predicted molar refractivity (Wildman–Crippen MR) is 73.3 cm³/mol. The van der Waals surface area contributed by atoms with E-state index >= 15 is 0 Å². The molecule has 0 saturated heterocycles. The highest BCUT2D eigenvalue weighted by Gasteiger charge is 1.92. The fourth-order valence-electron chi connectivity index (χ4n) is 1.02. The van der Waals surface area contributed by atoms with Crippen LogP contribution in [0.5, 0.6) is 0 Å². The van der Waals surface area contributed by atoms with Crippen LogP contribution in [0.15, 0.2) is 34.9 Å². The van der Waals surface area contributed by atoms with Crippen LogP contribution in [-0.2, 0) is 0 Å². The van der Waals surface area contributed by atoms with E-state index in [-0.39, 0.29) is 0 Å². The fourth-order valence-corrected chi connectivity index (χ4v) is 1.40. The van der Waals surface area contributed by atoms with E-state index in [4.69, 9.17) is 0 Å². The molecule has 2 aromatic rings. The van der Waals surface area contributed by atoms with Gasteiger partial charge in [0.05, 0.1) is 0 Å². The van der Waals surface area contributed by atoms with Crippen LogP contribution in [-0.4, -0.2) is 4.98 Å². The van der Waals surface area contributed by atoms with Crippen molar-refractivity contribution in [3.8, 4) is 0 Å². The average molecular weight is 270 g/mol. The van der Waals surface area contributed by atoms with Gasteiger partial charge in [0.25, 0.3) is 0 Å². The SMILES string of the molecule is Brc1ccc2[nH]ccc2c1.CC.CCC. The van der Waals surface area contributed by atoms with Crippen LogP contribution in [0.3, 0.4) is 0 Å². The number of benzene rings is 1. The third kappa shape index (κ3) is 5.03. The quantitative estimate of drug-likeness (QED) is 0.662. The number of aromatic amines is 1. The van der Waals surface area contributed by atoms with E-state index in [2.05, 4.69) is 53.0 Å². The molecule has 2 heteroatoms. The van der Waals surface area contributed by atoms with Crippen molar-refractivity contribution in [2.24, 2.45) is 0 Å². The van der Waals surface area contributed by atoms with Crippen molar-refractivity contribution in [1.29, 1.82) is 0 Å². The first kappa shape index (κ1) is 14.2. The normalized spacial score (nSPS) is 8.60. The molecule has 0 fully saturated rings. The zero-order valence-corrected chi connectivity index (χ0v) is 11.6. The van der Waals surface area contributed by atoms with Crippen molar-refractivity contribution in [3.63, 3.8) is 0 Å². The van der Waals surface area contributed by atoms with Crippen LogP contribution in [0.25, 0.3) is 10.9 Å². The van der Waals surface area contributed by atoms with Crippen molar-refractivity contribution in [2.75, 3.05) is 0 Å². The Labute approximate surface area is 101 Å². The summed E-state index contributed by atoms with van der Waals surface area (Å²) >= 11 is 3.40. The molecule has 1 N–H and O–H groups in total. The number of hydrogen-bond acceptors (Lipinski definition) is 0. The lowest BCUT2D eigenvalue weighted by Crippen LogP contribution is -1.65. The number of nitrogens with one attached hydrogen (secondary N) is 1. The number of H-pyrrole nitrogens is 1. The molecule has 1 nitrogen and oxygen atoms in total. The van der Waals surface area contributed by atoms with E-state index in [1.807, 2.05) is 26.1 Å². The summed E-state index contributed by atoms with van der Waals surface area (Å²) in [5, 5.41) is 1.24. The molecule has 1 aromatic carbocycles. The highest BCUT2D eigenvalue weighted by atomic mass is 79.9. The minimum atomic E-state index is 1.12. The van der Waals surface area contributed by atoms with E-state index in [1.54, 1.807) is 0 Å². The van der Waals surface area contributed by atoms with Crippen molar-refractivity contribution in [2.45, 2.75) is 34.1 Å². The molecule has 84 valence electrons. The molecule has 0 aliphatic rings. The third-order valence-corrected chi connectivity index (χ3v) is 2.01. The molecule has 0 aliphatic carbocycles. The lowest BCUT2D eigenvalue weighted by molar-refractivity contribution is 1.09. The van der Waals surface area contributed by atoms with Gasteiger partial charge in [-0.3, -0.25) is 0 Å². The third-order valence-electron chi connectivity index (χ3n) is 1.52. The second kappa shape index (κ2) is 8.54. The van der Waals surface area contributed by atoms with Crippen LogP contribution in [0.4, 0.5) is 0 Å². The molecule has 0 bridgehead atoms. The van der Waals surface area contributed by atoms with Crippen LogP contribution in [0.1, 0.15) is 34.1 Å². The lowest BCUT2D eigenvalue weighted by Gasteiger charge is -1.88. The lowest BCUT2D eigenvalue weighted by atomic mass is 10.3. The zero-order valence-electron chi connectivity index (χ0n) is 9.97. The summed E-state index contributed by atoms with van der Waals surface area (Å²) in [6.45, 7) is 8.25. The Balaban J connectivity index is 0.000000342. The maximum atomic E-state index is 3.40. The smallest absolute Gasteiger partial charge is 0.0454 e. The molecule has 1 aromatic heterocycles. The Morgan fingerprint density at radius 1 is 1.13 bits per heavy atom. The van der Waals surface area contributed by atoms with Gasteiger partial charge in [-0.2, -0.15) is 0 Å². The molecule has 0 saturated carbocycles. The maximum absolute atomic E-state index is 3.40. The first-order valence-electron chi connectivity index (χ1n) is 5.50. The minimum absolute atomic E-state index is 1.12. The molecule has 1 heterocycles. The standard InChI is InChI=1S/C8H6BrN.C3H8.C2H6/c9-7-1-2-8-6(5-7)3-4-10-8;1-3-2;1-2/h1-5,10H;3H2,1-2H3;1-2H3. The Morgan fingerprint density at radius 3 is 2.33 bits per heavy atom. The van der Waals surface area contributed by atoms with Crippen molar-refractivity contribution in [3.05, 3.63) is 34.9 Å². The Kier molecular flexibility index (Phi) is 8.11. The van der Waals surface area contributed by atoms with Gasteiger partial charge in [0.15, 0.2) is 0 Å². The van der Waals surface area contributed by atoms with Gasteiger partial charge in [-0.05, 0) is 24.3 Å². The largest absolute Gasteiger partial charge is 0.361 e. The van der Waals surface area contributed by atoms with Crippen molar-refractivity contribution < 1.29 is 0 Å². The molecule has 0 amide bonds. The minimum Gasteiger partial charge on any atom is -0.361 e. The number of halogens is 1. The van der Waals surface area contributed by atoms with Crippen molar-refractivity contribution in [1.82, 2.24) is 4.98 Å². The van der Waals surface area contributed by atoms with Crippen LogP contribution in [0.2, 0.25) is 0 Å². The number of fused-ring (bicyclic) bond motifs is 1. The Hall–Kier alpha value is -0.760. The maximum Gasteiger partial charge on any atom is 0.0454 e. The summed E-state index contributed by atoms with van der Waals surface area (Å²) in [5.41, 5.74) is 1.18.